The van der Waals surface area contributed by atoms with E-state index in [0.29, 0.717) is 5.71 Å². The number of esters is 1. The van der Waals surface area contributed by atoms with Gasteiger partial charge in [0.15, 0.2) is 0 Å². The zero-order chi connectivity index (χ0) is 13.8. The maximum absolute atomic E-state index is 12.5. The van der Waals surface area contributed by atoms with Crippen LogP contribution in [0.25, 0.3) is 0 Å². The third-order valence-corrected chi connectivity index (χ3v) is 4.62. The molecular formula is C15H23NO3. The smallest absolute Gasteiger partial charge is 0.308 e. The minimum Gasteiger partial charge on any atom is -0.469 e. The molecule has 0 saturated heterocycles. The van der Waals surface area contributed by atoms with Crippen molar-refractivity contribution in [2.45, 2.75) is 51.4 Å². The molecular weight excluding hydrogens is 242 g/mol. The summed E-state index contributed by atoms with van der Waals surface area (Å²) in [6.45, 7) is 0. The van der Waals surface area contributed by atoms with Gasteiger partial charge in [0.1, 0.15) is 5.78 Å². The number of methoxy groups -OCH3 is 1. The van der Waals surface area contributed by atoms with E-state index in [0.717, 1.165) is 51.4 Å². The van der Waals surface area contributed by atoms with Crippen molar-refractivity contribution in [1.82, 2.24) is 0 Å². The summed E-state index contributed by atoms with van der Waals surface area (Å²) in [5.74, 6) is 0.0157. The molecule has 4 nitrogen and oxygen atoms in total. The average molecular weight is 265 g/mol. The third-order valence-electron chi connectivity index (χ3n) is 4.62. The number of nitrogens with one attached hydrogen (secondary N) is 1. The first-order valence-corrected chi connectivity index (χ1v) is 7.32. The molecule has 0 radical (unpaired) electrons. The van der Waals surface area contributed by atoms with Crippen molar-refractivity contribution < 1.29 is 14.3 Å². The van der Waals surface area contributed by atoms with Gasteiger partial charge in [-0.3, -0.25) is 9.59 Å². The Morgan fingerprint density at radius 3 is 2.26 bits per heavy atom. The lowest BCUT2D eigenvalue weighted by Crippen LogP contribution is -2.34. The fourth-order valence-corrected chi connectivity index (χ4v) is 3.39. The summed E-state index contributed by atoms with van der Waals surface area (Å²) in [5, 5.41) is 7.94. The molecule has 0 aromatic carbocycles. The fourth-order valence-electron chi connectivity index (χ4n) is 3.39. The number of ether oxygens (including phenoxy) is 1. The molecule has 0 aliphatic heterocycles. The second-order valence-corrected chi connectivity index (χ2v) is 5.80. The van der Waals surface area contributed by atoms with Gasteiger partial charge in [-0.05, 0) is 44.9 Å². The zero-order valence-corrected chi connectivity index (χ0v) is 11.6. The van der Waals surface area contributed by atoms with Crippen molar-refractivity contribution >= 4 is 17.5 Å². The molecule has 2 aliphatic carbocycles. The molecule has 1 N–H and O–H groups in total. The van der Waals surface area contributed by atoms with Gasteiger partial charge < -0.3 is 10.1 Å². The Hall–Kier alpha value is -1.19. The highest BCUT2D eigenvalue weighted by atomic mass is 16.5. The molecule has 4 heteroatoms. The summed E-state index contributed by atoms with van der Waals surface area (Å²) in [7, 11) is 1.42. The van der Waals surface area contributed by atoms with Crippen LogP contribution in [0.3, 0.4) is 0 Å². The summed E-state index contributed by atoms with van der Waals surface area (Å²) in [6.07, 6.45) is 6.83. The number of hydrogen-bond donors (Lipinski definition) is 1. The molecule has 1 unspecified atom stereocenters. The van der Waals surface area contributed by atoms with E-state index in [4.69, 9.17) is 10.1 Å². The van der Waals surface area contributed by atoms with Gasteiger partial charge in [-0.1, -0.05) is 6.42 Å². The van der Waals surface area contributed by atoms with Crippen molar-refractivity contribution in [2.24, 2.45) is 17.8 Å². The predicted octanol–water partition coefficient (Wildman–Crippen LogP) is 2.74. The largest absolute Gasteiger partial charge is 0.469 e. The molecule has 0 aromatic rings. The highest BCUT2D eigenvalue weighted by Gasteiger charge is 2.35. The molecule has 106 valence electrons. The summed E-state index contributed by atoms with van der Waals surface area (Å²) >= 11 is 0. The fraction of sp³-hybridized carbons (Fsp3) is 0.800. The Bertz CT molecular complexity index is 370. The molecule has 2 fully saturated rings. The highest BCUT2D eigenvalue weighted by Crippen LogP contribution is 2.34. The van der Waals surface area contributed by atoms with Crippen molar-refractivity contribution in [1.29, 1.82) is 5.41 Å². The topological polar surface area (TPSA) is 67.2 Å². The van der Waals surface area contributed by atoms with Crippen LogP contribution in [0.15, 0.2) is 0 Å². The maximum Gasteiger partial charge on any atom is 0.308 e. The minimum atomic E-state index is -0.142. The van der Waals surface area contributed by atoms with Crippen molar-refractivity contribution in [3.8, 4) is 0 Å². The van der Waals surface area contributed by atoms with Gasteiger partial charge >= 0.3 is 5.97 Å². The number of carbonyl (C=O) groups is 2. The van der Waals surface area contributed by atoms with E-state index in [9.17, 15) is 9.59 Å². The SMILES string of the molecule is COC(=O)C1CCC(C(=O)C2CCCCC2=N)CC1. The number of hydrogen-bond acceptors (Lipinski definition) is 4. The first-order chi connectivity index (χ1) is 9.13. The lowest BCUT2D eigenvalue weighted by Gasteiger charge is -2.30. The van der Waals surface area contributed by atoms with Gasteiger partial charge in [0.05, 0.1) is 18.9 Å². The van der Waals surface area contributed by atoms with Crippen LogP contribution >= 0.6 is 0 Å². The van der Waals surface area contributed by atoms with E-state index in [-0.39, 0.29) is 29.5 Å². The van der Waals surface area contributed by atoms with Crippen LogP contribution in [0.4, 0.5) is 0 Å². The summed E-state index contributed by atoms with van der Waals surface area (Å²) in [4.78, 5) is 23.9. The third kappa shape index (κ3) is 3.23. The first kappa shape index (κ1) is 14.2. The molecule has 2 rings (SSSR count). The Labute approximate surface area is 114 Å². The first-order valence-electron chi connectivity index (χ1n) is 7.32. The van der Waals surface area contributed by atoms with Gasteiger partial charge in [0, 0.05) is 11.6 Å². The second kappa shape index (κ2) is 6.31. The maximum atomic E-state index is 12.5. The van der Waals surface area contributed by atoms with E-state index in [2.05, 4.69) is 0 Å². The Morgan fingerprint density at radius 1 is 1.05 bits per heavy atom. The monoisotopic (exact) mass is 265 g/mol. The van der Waals surface area contributed by atoms with Gasteiger partial charge in [-0.2, -0.15) is 0 Å². The Balaban J connectivity index is 1.88. The predicted molar refractivity (Wildman–Crippen MR) is 72.2 cm³/mol. The Morgan fingerprint density at radius 2 is 1.68 bits per heavy atom. The number of rotatable bonds is 3. The molecule has 0 spiro atoms. The van der Waals surface area contributed by atoms with Crippen LogP contribution in [0.1, 0.15) is 51.4 Å². The van der Waals surface area contributed by atoms with E-state index in [1.54, 1.807) is 0 Å². The van der Waals surface area contributed by atoms with Gasteiger partial charge in [0.25, 0.3) is 0 Å². The number of Topliss-reactive ketones (excluding diaryl/α,β-unsaturated/α-hetero) is 1. The lowest BCUT2D eigenvalue weighted by molar-refractivity contribution is -0.147. The Kier molecular flexibility index (Phi) is 4.72. The summed E-state index contributed by atoms with van der Waals surface area (Å²) in [5.41, 5.74) is 0.631. The van der Waals surface area contributed by atoms with Crippen LogP contribution in [0.2, 0.25) is 0 Å². The van der Waals surface area contributed by atoms with Crippen LogP contribution in [0, 0.1) is 23.2 Å². The molecule has 2 saturated carbocycles. The second-order valence-electron chi connectivity index (χ2n) is 5.80. The van der Waals surface area contributed by atoms with Crippen LogP contribution in [-0.2, 0) is 14.3 Å². The summed E-state index contributed by atoms with van der Waals surface area (Å²) in [6, 6.07) is 0. The number of ketones is 1. The van der Waals surface area contributed by atoms with Crippen LogP contribution in [-0.4, -0.2) is 24.6 Å². The molecule has 1 atom stereocenters. The molecule has 2 aliphatic rings. The van der Waals surface area contributed by atoms with Gasteiger partial charge in [-0.15, -0.1) is 0 Å². The lowest BCUT2D eigenvalue weighted by atomic mass is 9.73. The molecule has 0 bridgehead atoms. The van der Waals surface area contributed by atoms with Crippen LogP contribution in [0.5, 0.6) is 0 Å². The van der Waals surface area contributed by atoms with Crippen molar-refractivity contribution in [3.05, 3.63) is 0 Å². The van der Waals surface area contributed by atoms with Crippen LogP contribution < -0.4 is 0 Å². The van der Waals surface area contributed by atoms with E-state index >= 15 is 0 Å². The number of carbonyl (C=O) groups excluding carboxylic acids is 2. The molecule has 0 heterocycles. The highest BCUT2D eigenvalue weighted by molar-refractivity contribution is 6.05. The van der Waals surface area contributed by atoms with Crippen molar-refractivity contribution in [2.75, 3.05) is 7.11 Å². The zero-order valence-electron chi connectivity index (χ0n) is 11.6. The van der Waals surface area contributed by atoms with Gasteiger partial charge in [0.2, 0.25) is 0 Å². The summed E-state index contributed by atoms with van der Waals surface area (Å²) < 4.78 is 4.76. The van der Waals surface area contributed by atoms with Gasteiger partial charge in [-0.25, -0.2) is 0 Å². The van der Waals surface area contributed by atoms with E-state index < -0.39 is 0 Å². The normalized spacial score (nSPS) is 31.8. The minimum absolute atomic E-state index is 0.0279. The molecule has 0 aromatic heterocycles. The quantitative estimate of drug-likeness (QED) is 0.798. The molecule has 19 heavy (non-hydrogen) atoms. The van der Waals surface area contributed by atoms with E-state index in [1.165, 1.54) is 7.11 Å². The molecule has 0 amide bonds. The average Bonchev–Trinajstić information content (AvgIpc) is 2.46. The van der Waals surface area contributed by atoms with Crippen molar-refractivity contribution in [3.63, 3.8) is 0 Å². The van der Waals surface area contributed by atoms with E-state index in [1.807, 2.05) is 0 Å². The standard InChI is InChI=1S/C15H23NO3/c1-19-15(18)11-8-6-10(7-9-11)14(17)12-4-2-3-5-13(12)16/h10-12,16H,2-9H2,1H3.